The predicted molar refractivity (Wildman–Crippen MR) is 113 cm³/mol. The van der Waals surface area contributed by atoms with Gasteiger partial charge in [-0.3, -0.25) is 0 Å². The van der Waals surface area contributed by atoms with Gasteiger partial charge in [0.2, 0.25) is 0 Å². The van der Waals surface area contributed by atoms with Gasteiger partial charge in [0.15, 0.2) is 0 Å². The number of anilines is 1. The van der Waals surface area contributed by atoms with Crippen LogP contribution >= 0.6 is 0 Å². The average Bonchev–Trinajstić information content (AvgIpc) is 2.65. The van der Waals surface area contributed by atoms with Crippen LogP contribution in [0.4, 0.5) is 5.69 Å². The van der Waals surface area contributed by atoms with Crippen molar-refractivity contribution in [3.63, 3.8) is 0 Å². The molecule has 0 amide bonds. The Kier molecular flexibility index (Phi) is 6.68. The Hall–Kier alpha value is -2.48. The number of aryl methyl sites for hydroxylation is 1. The molecule has 0 unspecified atom stereocenters. The first-order valence-corrected chi connectivity index (χ1v) is 9.24. The van der Waals surface area contributed by atoms with Crippen molar-refractivity contribution in [1.29, 1.82) is 0 Å². The zero-order valence-electron chi connectivity index (χ0n) is 16.8. The summed E-state index contributed by atoms with van der Waals surface area (Å²) in [5.41, 5.74) is 4.76. The standard InChI is InChI=1S/C24H31NO/c1-7-17-25(21-12-14-22(26-6)15-13-21)18-16-20(3)24(4,5)23-11-9-8-10-19(23)2/h8-16,18H,3,7,17H2,1-2,4-6H3. The first kappa shape index (κ1) is 19.8. The lowest BCUT2D eigenvalue weighted by atomic mass is 9.76. The summed E-state index contributed by atoms with van der Waals surface area (Å²) in [6, 6.07) is 16.7. The summed E-state index contributed by atoms with van der Waals surface area (Å²) in [5.74, 6) is 0.874. The number of methoxy groups -OCH3 is 1. The first-order valence-electron chi connectivity index (χ1n) is 9.24. The van der Waals surface area contributed by atoms with Crippen molar-refractivity contribution < 1.29 is 4.74 Å². The number of nitrogens with zero attached hydrogens (tertiary/aromatic N) is 1. The van der Waals surface area contributed by atoms with E-state index in [9.17, 15) is 0 Å². The van der Waals surface area contributed by atoms with Crippen molar-refractivity contribution in [2.24, 2.45) is 0 Å². The molecule has 0 aliphatic heterocycles. The van der Waals surface area contributed by atoms with Gasteiger partial charge in [-0.2, -0.15) is 0 Å². The fraction of sp³-hybridized carbons (Fsp3) is 0.333. The smallest absolute Gasteiger partial charge is 0.119 e. The SMILES string of the molecule is C=C(C=CN(CCC)c1ccc(OC)cc1)C(C)(C)c1ccccc1C. The van der Waals surface area contributed by atoms with E-state index in [-0.39, 0.29) is 5.41 Å². The molecule has 2 aromatic carbocycles. The predicted octanol–water partition coefficient (Wildman–Crippen LogP) is 6.27. The Morgan fingerprint density at radius 2 is 1.77 bits per heavy atom. The van der Waals surface area contributed by atoms with E-state index >= 15 is 0 Å². The molecule has 26 heavy (non-hydrogen) atoms. The van der Waals surface area contributed by atoms with E-state index in [4.69, 9.17) is 4.74 Å². The second-order valence-electron chi connectivity index (χ2n) is 7.17. The molecule has 2 heteroatoms. The third-order valence-electron chi connectivity index (χ3n) is 4.95. The van der Waals surface area contributed by atoms with E-state index in [1.54, 1.807) is 7.11 Å². The maximum absolute atomic E-state index is 5.26. The molecule has 0 saturated heterocycles. The molecule has 0 N–H and O–H groups in total. The minimum atomic E-state index is -0.111. The highest BCUT2D eigenvalue weighted by Gasteiger charge is 2.24. The molecular weight excluding hydrogens is 318 g/mol. The lowest BCUT2D eigenvalue weighted by Gasteiger charge is -2.29. The third-order valence-corrected chi connectivity index (χ3v) is 4.95. The first-order chi connectivity index (χ1) is 12.4. The number of hydrogen-bond donors (Lipinski definition) is 0. The molecule has 0 bridgehead atoms. The maximum Gasteiger partial charge on any atom is 0.119 e. The van der Waals surface area contributed by atoms with Crippen LogP contribution in [0.15, 0.2) is 73.0 Å². The van der Waals surface area contributed by atoms with Gasteiger partial charge in [-0.05, 0) is 60.4 Å². The Bertz CT molecular complexity index is 756. The molecule has 0 spiro atoms. The minimum Gasteiger partial charge on any atom is -0.497 e. The average molecular weight is 350 g/mol. The minimum absolute atomic E-state index is 0.111. The highest BCUT2D eigenvalue weighted by Crippen LogP contribution is 2.33. The molecule has 0 atom stereocenters. The van der Waals surface area contributed by atoms with Crippen LogP contribution in [0.5, 0.6) is 5.75 Å². The van der Waals surface area contributed by atoms with Gasteiger partial charge < -0.3 is 9.64 Å². The van der Waals surface area contributed by atoms with Crippen molar-refractivity contribution >= 4 is 5.69 Å². The summed E-state index contributed by atoms with van der Waals surface area (Å²) >= 11 is 0. The molecule has 0 saturated carbocycles. The van der Waals surface area contributed by atoms with Crippen molar-refractivity contribution in [2.75, 3.05) is 18.6 Å². The number of benzene rings is 2. The van der Waals surface area contributed by atoms with Crippen molar-refractivity contribution in [3.8, 4) is 5.75 Å². The van der Waals surface area contributed by atoms with Gasteiger partial charge in [-0.25, -0.2) is 0 Å². The van der Waals surface area contributed by atoms with Crippen LogP contribution in [0, 0.1) is 6.92 Å². The lowest BCUT2D eigenvalue weighted by Crippen LogP contribution is -2.21. The summed E-state index contributed by atoms with van der Waals surface area (Å²) in [5, 5.41) is 0. The van der Waals surface area contributed by atoms with Gasteiger partial charge in [0.25, 0.3) is 0 Å². The molecule has 0 aromatic heterocycles. The molecule has 0 fully saturated rings. The second kappa shape index (κ2) is 8.75. The molecule has 138 valence electrons. The summed E-state index contributed by atoms with van der Waals surface area (Å²) in [4.78, 5) is 2.26. The van der Waals surface area contributed by atoms with E-state index in [2.05, 4.69) is 87.8 Å². The number of ether oxygens (including phenoxy) is 1. The van der Waals surface area contributed by atoms with Gasteiger partial charge in [-0.15, -0.1) is 0 Å². The van der Waals surface area contributed by atoms with Crippen molar-refractivity contribution in [3.05, 3.63) is 84.1 Å². The fourth-order valence-electron chi connectivity index (χ4n) is 3.14. The monoisotopic (exact) mass is 349 g/mol. The van der Waals surface area contributed by atoms with Crippen molar-refractivity contribution in [1.82, 2.24) is 0 Å². The highest BCUT2D eigenvalue weighted by atomic mass is 16.5. The number of allylic oxidation sites excluding steroid dienone is 2. The second-order valence-corrected chi connectivity index (χ2v) is 7.17. The van der Waals surface area contributed by atoms with Gasteiger partial charge in [0.1, 0.15) is 5.75 Å². The Balaban J connectivity index is 2.22. The van der Waals surface area contributed by atoms with Crippen LogP contribution < -0.4 is 9.64 Å². The topological polar surface area (TPSA) is 12.5 Å². The Morgan fingerprint density at radius 1 is 1.12 bits per heavy atom. The van der Waals surface area contributed by atoms with E-state index in [1.165, 1.54) is 11.1 Å². The van der Waals surface area contributed by atoms with E-state index in [0.29, 0.717) is 0 Å². The normalized spacial score (nSPS) is 11.6. The van der Waals surface area contributed by atoms with Gasteiger partial charge in [-0.1, -0.05) is 51.6 Å². The van der Waals surface area contributed by atoms with E-state index in [0.717, 1.165) is 30.0 Å². The Morgan fingerprint density at radius 3 is 2.35 bits per heavy atom. The lowest BCUT2D eigenvalue weighted by molar-refractivity contribution is 0.415. The number of hydrogen-bond acceptors (Lipinski definition) is 2. The highest BCUT2D eigenvalue weighted by molar-refractivity contribution is 5.52. The van der Waals surface area contributed by atoms with Crippen molar-refractivity contribution in [2.45, 2.75) is 39.5 Å². The molecule has 0 heterocycles. The zero-order chi connectivity index (χ0) is 19.2. The maximum atomic E-state index is 5.26. The summed E-state index contributed by atoms with van der Waals surface area (Å²) in [6.45, 7) is 14.1. The quantitative estimate of drug-likeness (QED) is 0.521. The summed E-state index contributed by atoms with van der Waals surface area (Å²) < 4.78 is 5.26. The number of rotatable bonds is 8. The van der Waals surface area contributed by atoms with Gasteiger partial charge in [0, 0.05) is 23.8 Å². The summed E-state index contributed by atoms with van der Waals surface area (Å²) in [7, 11) is 1.69. The molecule has 0 radical (unpaired) electrons. The molecule has 0 aliphatic carbocycles. The zero-order valence-corrected chi connectivity index (χ0v) is 16.8. The third kappa shape index (κ3) is 4.57. The van der Waals surface area contributed by atoms with E-state index in [1.807, 2.05) is 12.1 Å². The van der Waals surface area contributed by atoms with Crippen LogP contribution in [-0.2, 0) is 5.41 Å². The van der Waals surface area contributed by atoms with Crippen LogP contribution in [0.2, 0.25) is 0 Å². The molecule has 2 aromatic rings. The van der Waals surface area contributed by atoms with Crippen LogP contribution in [0.1, 0.15) is 38.3 Å². The summed E-state index contributed by atoms with van der Waals surface area (Å²) in [6.07, 6.45) is 5.37. The van der Waals surface area contributed by atoms with Gasteiger partial charge in [0.05, 0.1) is 7.11 Å². The molecule has 2 rings (SSSR count). The molecule has 0 aliphatic rings. The molecular formula is C24H31NO. The van der Waals surface area contributed by atoms with Crippen LogP contribution in [0.3, 0.4) is 0 Å². The Labute approximate surface area is 158 Å². The van der Waals surface area contributed by atoms with Crippen LogP contribution in [0.25, 0.3) is 0 Å². The molecule has 2 nitrogen and oxygen atoms in total. The van der Waals surface area contributed by atoms with Crippen LogP contribution in [-0.4, -0.2) is 13.7 Å². The van der Waals surface area contributed by atoms with E-state index < -0.39 is 0 Å². The largest absolute Gasteiger partial charge is 0.497 e. The fourth-order valence-corrected chi connectivity index (χ4v) is 3.14. The van der Waals surface area contributed by atoms with Gasteiger partial charge >= 0.3 is 0 Å².